The minimum absolute atomic E-state index is 0.0907. The van der Waals surface area contributed by atoms with Crippen LogP contribution in [0.2, 0.25) is 10.0 Å². The molecule has 1 N–H and O–H groups in total. The first kappa shape index (κ1) is 21.4. The van der Waals surface area contributed by atoms with E-state index < -0.39 is 11.7 Å². The lowest BCUT2D eigenvalue weighted by Gasteiger charge is -2.21. The van der Waals surface area contributed by atoms with Gasteiger partial charge in [0.05, 0.1) is 21.8 Å². The number of nitriles is 1. The van der Waals surface area contributed by atoms with Crippen LogP contribution in [0.5, 0.6) is 0 Å². The van der Waals surface area contributed by atoms with Crippen LogP contribution in [-0.2, 0) is 6.18 Å². The maximum Gasteiger partial charge on any atom is 0.416 e. The molecule has 27 heavy (non-hydrogen) atoms. The predicted octanol–water partition coefficient (Wildman–Crippen LogP) is 6.16. The number of hydrogen-bond acceptors (Lipinski definition) is 3. The number of hydrogen-bond donors (Lipinski definition) is 1. The van der Waals surface area contributed by atoms with Gasteiger partial charge in [-0.15, -0.1) is 0 Å². The highest BCUT2D eigenvalue weighted by Crippen LogP contribution is 2.38. The summed E-state index contributed by atoms with van der Waals surface area (Å²) in [5.41, 5.74) is -0.608. The Morgan fingerprint density at radius 1 is 1.26 bits per heavy atom. The summed E-state index contributed by atoms with van der Waals surface area (Å²) in [4.78, 5) is 0. The monoisotopic (exact) mass is 418 g/mol. The highest BCUT2D eigenvalue weighted by molar-refractivity contribution is 6.38. The zero-order valence-electron chi connectivity index (χ0n) is 15.0. The van der Waals surface area contributed by atoms with E-state index in [1.54, 1.807) is 0 Å². The second-order valence-corrected chi connectivity index (χ2v) is 7.32. The van der Waals surface area contributed by atoms with Crippen molar-refractivity contribution in [2.45, 2.75) is 33.4 Å². The molecule has 146 valence electrons. The lowest BCUT2D eigenvalue weighted by atomic mass is 9.93. The molecule has 4 nitrogen and oxygen atoms in total. The number of nitrogens with zero attached hydrogens (tertiary/aromatic N) is 3. The molecular weight excluding hydrogens is 400 g/mol. The van der Waals surface area contributed by atoms with E-state index in [0.717, 1.165) is 18.6 Å². The maximum absolute atomic E-state index is 12.9. The smallest absolute Gasteiger partial charge is 0.369 e. The minimum Gasteiger partial charge on any atom is -0.369 e. The van der Waals surface area contributed by atoms with E-state index in [4.69, 9.17) is 23.2 Å². The third kappa shape index (κ3) is 4.69. The van der Waals surface area contributed by atoms with Crippen molar-refractivity contribution in [2.24, 2.45) is 11.8 Å². The molecule has 1 heterocycles. The van der Waals surface area contributed by atoms with E-state index in [0.29, 0.717) is 24.2 Å². The fourth-order valence-electron chi connectivity index (χ4n) is 2.78. The van der Waals surface area contributed by atoms with Gasteiger partial charge in [-0.3, -0.25) is 0 Å². The second-order valence-electron chi connectivity index (χ2n) is 6.51. The number of rotatable bonds is 6. The Kier molecular flexibility index (Phi) is 6.66. The van der Waals surface area contributed by atoms with Crippen LogP contribution in [-0.4, -0.2) is 16.3 Å². The first-order valence-corrected chi connectivity index (χ1v) is 9.14. The molecule has 1 aromatic heterocycles. The number of alkyl halides is 3. The summed E-state index contributed by atoms with van der Waals surface area (Å²) >= 11 is 12.2. The van der Waals surface area contributed by atoms with Gasteiger partial charge in [0.1, 0.15) is 23.1 Å². The van der Waals surface area contributed by atoms with Crippen LogP contribution >= 0.6 is 23.2 Å². The largest absolute Gasteiger partial charge is 0.416 e. The van der Waals surface area contributed by atoms with Crippen molar-refractivity contribution in [3.05, 3.63) is 39.5 Å². The number of anilines is 1. The van der Waals surface area contributed by atoms with E-state index >= 15 is 0 Å². The van der Waals surface area contributed by atoms with Gasteiger partial charge in [0, 0.05) is 6.54 Å². The Balaban J connectivity index is 2.49. The summed E-state index contributed by atoms with van der Waals surface area (Å²) < 4.78 is 40.1. The van der Waals surface area contributed by atoms with Crippen LogP contribution in [0.1, 0.15) is 38.3 Å². The van der Waals surface area contributed by atoms with E-state index in [-0.39, 0.29) is 21.3 Å². The second kappa shape index (κ2) is 8.41. The molecule has 2 rings (SSSR count). The van der Waals surface area contributed by atoms with E-state index in [2.05, 4.69) is 31.2 Å². The van der Waals surface area contributed by atoms with Crippen molar-refractivity contribution >= 4 is 29.0 Å². The van der Waals surface area contributed by atoms with E-state index in [1.807, 2.05) is 6.07 Å². The lowest BCUT2D eigenvalue weighted by molar-refractivity contribution is -0.137. The molecule has 0 saturated heterocycles. The lowest BCUT2D eigenvalue weighted by Crippen LogP contribution is -2.20. The fourth-order valence-corrected chi connectivity index (χ4v) is 3.43. The minimum atomic E-state index is -4.57. The van der Waals surface area contributed by atoms with Gasteiger partial charge in [-0.25, -0.2) is 4.68 Å². The van der Waals surface area contributed by atoms with Gasteiger partial charge in [0.25, 0.3) is 0 Å². The topological polar surface area (TPSA) is 53.6 Å². The molecular formula is C18H19Cl2F3N4. The molecule has 9 heteroatoms. The van der Waals surface area contributed by atoms with Crippen molar-refractivity contribution in [2.75, 3.05) is 11.9 Å². The van der Waals surface area contributed by atoms with Crippen LogP contribution in [0.4, 0.5) is 19.0 Å². The Bertz CT molecular complexity index is 830. The van der Waals surface area contributed by atoms with Gasteiger partial charge in [0.2, 0.25) is 0 Å². The molecule has 0 aliphatic carbocycles. The first-order valence-electron chi connectivity index (χ1n) is 8.38. The molecule has 0 fully saturated rings. The van der Waals surface area contributed by atoms with Crippen LogP contribution in [0, 0.1) is 23.2 Å². The molecule has 1 aromatic carbocycles. The third-order valence-electron chi connectivity index (χ3n) is 4.44. The Morgan fingerprint density at radius 3 is 2.30 bits per heavy atom. The van der Waals surface area contributed by atoms with Crippen LogP contribution < -0.4 is 5.32 Å². The average Bonchev–Trinajstić information content (AvgIpc) is 2.96. The summed E-state index contributed by atoms with van der Waals surface area (Å²) in [5, 5.41) is 16.2. The summed E-state index contributed by atoms with van der Waals surface area (Å²) in [7, 11) is 0. The molecule has 0 saturated carbocycles. The van der Waals surface area contributed by atoms with Gasteiger partial charge in [0.15, 0.2) is 0 Å². The molecule has 1 atom stereocenters. The molecule has 0 bridgehead atoms. The van der Waals surface area contributed by atoms with Gasteiger partial charge in [-0.2, -0.15) is 23.5 Å². The molecule has 0 aliphatic rings. The predicted molar refractivity (Wildman–Crippen MR) is 100 cm³/mol. The quantitative estimate of drug-likeness (QED) is 0.610. The normalized spacial score (nSPS) is 12.9. The highest BCUT2D eigenvalue weighted by Gasteiger charge is 2.32. The van der Waals surface area contributed by atoms with E-state index in [9.17, 15) is 18.4 Å². The number of halogens is 5. The summed E-state index contributed by atoms with van der Waals surface area (Å²) in [5.74, 6) is 1.11. The van der Waals surface area contributed by atoms with Gasteiger partial charge in [-0.1, -0.05) is 50.4 Å². The zero-order chi connectivity index (χ0) is 20.4. The van der Waals surface area contributed by atoms with Crippen molar-refractivity contribution in [3.8, 4) is 11.8 Å². The third-order valence-corrected chi connectivity index (χ3v) is 5.02. The molecule has 1 unspecified atom stereocenters. The number of nitrogens with one attached hydrogen (secondary N) is 1. The number of aromatic nitrogens is 2. The summed E-state index contributed by atoms with van der Waals surface area (Å²) in [6.07, 6.45) is -2.31. The standard InChI is InChI=1S/C18H19Cl2F3N4/c1-4-11(10(2)3)8-25-17-12(7-24)9-26-27(17)16-14(19)5-13(6-15(16)20)18(21,22)23/h5-6,9-11,25H,4,8H2,1-3H3. The van der Waals surface area contributed by atoms with Crippen molar-refractivity contribution in [1.29, 1.82) is 5.26 Å². The zero-order valence-corrected chi connectivity index (χ0v) is 16.5. The first-order chi connectivity index (χ1) is 12.6. The van der Waals surface area contributed by atoms with Gasteiger partial charge < -0.3 is 5.32 Å². The summed E-state index contributed by atoms with van der Waals surface area (Å²) in [6.45, 7) is 6.84. The highest BCUT2D eigenvalue weighted by atomic mass is 35.5. The summed E-state index contributed by atoms with van der Waals surface area (Å²) in [6, 6.07) is 3.61. The van der Waals surface area contributed by atoms with Crippen molar-refractivity contribution in [1.82, 2.24) is 9.78 Å². The molecule has 0 radical (unpaired) electrons. The maximum atomic E-state index is 12.9. The molecule has 0 aliphatic heterocycles. The fraction of sp³-hybridized carbons (Fsp3) is 0.444. The number of benzene rings is 1. The van der Waals surface area contributed by atoms with Gasteiger partial charge >= 0.3 is 6.18 Å². The Morgan fingerprint density at radius 2 is 1.85 bits per heavy atom. The Hall–Kier alpha value is -1.91. The average molecular weight is 419 g/mol. The van der Waals surface area contributed by atoms with Crippen molar-refractivity contribution in [3.63, 3.8) is 0 Å². The molecule has 0 spiro atoms. The van der Waals surface area contributed by atoms with E-state index in [1.165, 1.54) is 10.9 Å². The Labute approximate surface area is 165 Å². The van der Waals surface area contributed by atoms with Crippen LogP contribution in [0.15, 0.2) is 18.3 Å². The van der Waals surface area contributed by atoms with Crippen LogP contribution in [0.25, 0.3) is 5.69 Å². The van der Waals surface area contributed by atoms with Crippen molar-refractivity contribution < 1.29 is 13.2 Å². The SMILES string of the molecule is CCC(CNc1c(C#N)cnn1-c1c(Cl)cc(C(F)(F)F)cc1Cl)C(C)C. The molecule has 0 amide bonds. The van der Waals surface area contributed by atoms with Gasteiger partial charge in [-0.05, 0) is 24.0 Å². The van der Waals surface area contributed by atoms with Crippen LogP contribution in [0.3, 0.4) is 0 Å². The molecule has 2 aromatic rings.